The maximum absolute atomic E-state index is 6.83. The van der Waals surface area contributed by atoms with Crippen molar-refractivity contribution in [3.63, 3.8) is 0 Å². The van der Waals surface area contributed by atoms with Gasteiger partial charge in [0.2, 0.25) is 8.32 Å². The number of hydrogen-bond acceptors (Lipinski definition) is 1. The molecule has 0 N–H and O–H groups in total. The van der Waals surface area contributed by atoms with E-state index in [-0.39, 0.29) is 6.10 Å². The van der Waals surface area contributed by atoms with Crippen LogP contribution in [0.25, 0.3) is 0 Å². The third kappa shape index (κ3) is 6.69. The van der Waals surface area contributed by atoms with Crippen LogP contribution in [-0.4, -0.2) is 14.4 Å². The molecule has 0 amide bonds. The van der Waals surface area contributed by atoms with Gasteiger partial charge in [0.25, 0.3) is 0 Å². The standard InChI is InChI=1S/C23H34OSi/c1-7-9-11-16-23(18-17-22-14-12-10-13-15-22)24-25(19-8-2,20(3)4)21(5)6/h7-8,10,12-15,20-21,23H,1-2,9,11,16,19H2,3-6H3. The fraction of sp³-hybridized carbons (Fsp3) is 0.478. The van der Waals surface area contributed by atoms with E-state index in [1.165, 1.54) is 0 Å². The summed E-state index contributed by atoms with van der Waals surface area (Å²) in [5.41, 5.74) is 2.11. The zero-order valence-electron chi connectivity index (χ0n) is 16.4. The van der Waals surface area contributed by atoms with E-state index in [0.29, 0.717) is 11.1 Å². The Kier molecular flexibility index (Phi) is 9.56. The van der Waals surface area contributed by atoms with Gasteiger partial charge in [-0.3, -0.25) is 0 Å². The summed E-state index contributed by atoms with van der Waals surface area (Å²) < 4.78 is 6.83. The molecule has 0 fully saturated rings. The number of rotatable bonds is 10. The maximum atomic E-state index is 6.83. The van der Waals surface area contributed by atoms with Crippen LogP contribution < -0.4 is 0 Å². The highest BCUT2D eigenvalue weighted by molar-refractivity contribution is 6.76. The third-order valence-electron chi connectivity index (χ3n) is 4.81. The Morgan fingerprint density at radius 1 is 1.04 bits per heavy atom. The lowest BCUT2D eigenvalue weighted by molar-refractivity contribution is 0.219. The normalized spacial score (nSPS) is 12.6. The second-order valence-electron chi connectivity index (χ2n) is 7.22. The van der Waals surface area contributed by atoms with Gasteiger partial charge in [-0.1, -0.05) is 69.9 Å². The van der Waals surface area contributed by atoms with E-state index in [1.54, 1.807) is 0 Å². The fourth-order valence-corrected chi connectivity index (χ4v) is 7.32. The molecular weight excluding hydrogens is 320 g/mol. The van der Waals surface area contributed by atoms with Crippen molar-refractivity contribution in [3.8, 4) is 11.8 Å². The maximum Gasteiger partial charge on any atom is 0.203 e. The summed E-state index contributed by atoms with van der Waals surface area (Å²) in [5, 5.41) is 0. The van der Waals surface area contributed by atoms with Gasteiger partial charge in [-0.25, -0.2) is 0 Å². The first kappa shape index (κ1) is 21.5. The lowest BCUT2D eigenvalue weighted by Crippen LogP contribution is -2.47. The molecule has 0 aromatic heterocycles. The lowest BCUT2D eigenvalue weighted by Gasteiger charge is -2.40. The summed E-state index contributed by atoms with van der Waals surface area (Å²) in [5.74, 6) is 6.72. The minimum absolute atomic E-state index is 0.0171. The van der Waals surface area contributed by atoms with Gasteiger partial charge in [0, 0.05) is 5.56 Å². The van der Waals surface area contributed by atoms with Crippen molar-refractivity contribution in [2.75, 3.05) is 0 Å². The molecule has 1 rings (SSSR count). The molecule has 0 saturated carbocycles. The van der Waals surface area contributed by atoms with Crippen LogP contribution in [0.1, 0.15) is 52.5 Å². The summed E-state index contributed by atoms with van der Waals surface area (Å²) in [6.07, 6.45) is 7.02. The molecule has 0 saturated heterocycles. The van der Waals surface area contributed by atoms with Crippen LogP contribution in [0, 0.1) is 11.8 Å². The quantitative estimate of drug-likeness (QED) is 0.196. The van der Waals surface area contributed by atoms with E-state index in [4.69, 9.17) is 4.43 Å². The van der Waals surface area contributed by atoms with E-state index in [1.807, 2.05) is 42.5 Å². The van der Waals surface area contributed by atoms with Gasteiger partial charge in [0.15, 0.2) is 0 Å². The van der Waals surface area contributed by atoms with Gasteiger partial charge in [-0.2, -0.15) is 0 Å². The third-order valence-corrected chi connectivity index (χ3v) is 10.4. The molecule has 1 nitrogen and oxygen atoms in total. The Morgan fingerprint density at radius 3 is 2.20 bits per heavy atom. The van der Waals surface area contributed by atoms with Gasteiger partial charge in [-0.15, -0.1) is 13.2 Å². The van der Waals surface area contributed by atoms with Crippen molar-refractivity contribution in [1.82, 2.24) is 0 Å². The van der Waals surface area contributed by atoms with Crippen molar-refractivity contribution < 1.29 is 4.43 Å². The van der Waals surface area contributed by atoms with E-state index < -0.39 is 8.32 Å². The number of hydrogen-bond donors (Lipinski definition) is 0. The highest BCUT2D eigenvalue weighted by Gasteiger charge is 2.42. The zero-order chi connectivity index (χ0) is 18.7. The van der Waals surface area contributed by atoms with E-state index >= 15 is 0 Å². The van der Waals surface area contributed by atoms with Crippen molar-refractivity contribution in [2.45, 2.75) is 70.2 Å². The molecule has 1 atom stereocenters. The largest absolute Gasteiger partial charge is 0.402 e. The van der Waals surface area contributed by atoms with Gasteiger partial charge in [0.1, 0.15) is 6.10 Å². The minimum atomic E-state index is -1.96. The van der Waals surface area contributed by atoms with Crippen LogP contribution >= 0.6 is 0 Å². The molecule has 25 heavy (non-hydrogen) atoms. The van der Waals surface area contributed by atoms with Gasteiger partial charge < -0.3 is 4.43 Å². The van der Waals surface area contributed by atoms with Gasteiger partial charge in [-0.05, 0) is 48.5 Å². The average molecular weight is 355 g/mol. The Morgan fingerprint density at radius 2 is 1.68 bits per heavy atom. The second kappa shape index (κ2) is 11.1. The van der Waals surface area contributed by atoms with Crippen LogP contribution in [0.4, 0.5) is 0 Å². The smallest absolute Gasteiger partial charge is 0.203 e. The highest BCUT2D eigenvalue weighted by Crippen LogP contribution is 2.38. The van der Waals surface area contributed by atoms with Crippen molar-refractivity contribution >= 4 is 8.32 Å². The summed E-state index contributed by atoms with van der Waals surface area (Å²) in [6, 6.07) is 11.1. The van der Waals surface area contributed by atoms with Gasteiger partial charge >= 0.3 is 0 Å². The van der Waals surface area contributed by atoms with E-state index in [2.05, 4.69) is 52.7 Å². The number of allylic oxidation sites excluding steroid dienone is 2. The summed E-state index contributed by atoms with van der Waals surface area (Å²) in [4.78, 5) is 0. The molecule has 0 heterocycles. The van der Waals surface area contributed by atoms with Crippen LogP contribution in [0.2, 0.25) is 17.1 Å². The summed E-state index contributed by atoms with van der Waals surface area (Å²) in [7, 11) is -1.96. The van der Waals surface area contributed by atoms with Crippen LogP contribution in [0.3, 0.4) is 0 Å². The molecule has 2 heteroatoms. The predicted octanol–water partition coefficient (Wildman–Crippen LogP) is 6.73. The van der Waals surface area contributed by atoms with Crippen LogP contribution in [-0.2, 0) is 4.43 Å². The Bertz CT molecular complexity index is 569. The zero-order valence-corrected chi connectivity index (χ0v) is 17.4. The molecular formula is C23H34OSi. The molecule has 1 aromatic rings. The first-order valence-corrected chi connectivity index (χ1v) is 11.7. The first-order valence-electron chi connectivity index (χ1n) is 9.42. The molecule has 136 valence electrons. The molecule has 0 bridgehead atoms. The Balaban J connectivity index is 3.06. The highest BCUT2D eigenvalue weighted by atomic mass is 28.4. The van der Waals surface area contributed by atoms with E-state index in [0.717, 1.165) is 30.9 Å². The van der Waals surface area contributed by atoms with Crippen molar-refractivity contribution in [2.24, 2.45) is 0 Å². The molecule has 0 aliphatic rings. The Labute approximate surface area is 156 Å². The monoisotopic (exact) mass is 354 g/mol. The molecule has 0 aliphatic heterocycles. The second-order valence-corrected chi connectivity index (χ2v) is 12.1. The first-order chi connectivity index (χ1) is 12.0. The minimum Gasteiger partial charge on any atom is -0.402 e. The molecule has 0 radical (unpaired) electrons. The summed E-state index contributed by atoms with van der Waals surface area (Å²) in [6.45, 7) is 17.0. The SMILES string of the molecule is C=CCCCC(C#Cc1ccccc1)O[Si](CC=C)(C(C)C)C(C)C. The molecule has 1 aromatic carbocycles. The van der Waals surface area contributed by atoms with Crippen LogP contribution in [0.5, 0.6) is 0 Å². The van der Waals surface area contributed by atoms with Crippen molar-refractivity contribution in [1.29, 1.82) is 0 Å². The molecule has 1 unspecified atom stereocenters. The molecule has 0 spiro atoms. The topological polar surface area (TPSA) is 9.23 Å². The average Bonchev–Trinajstić information content (AvgIpc) is 2.59. The lowest BCUT2D eigenvalue weighted by atomic mass is 10.1. The fourth-order valence-electron chi connectivity index (χ4n) is 3.24. The van der Waals surface area contributed by atoms with Crippen LogP contribution in [0.15, 0.2) is 55.6 Å². The summed E-state index contributed by atoms with van der Waals surface area (Å²) >= 11 is 0. The predicted molar refractivity (Wildman–Crippen MR) is 113 cm³/mol. The van der Waals surface area contributed by atoms with Gasteiger partial charge in [0.05, 0.1) is 0 Å². The number of benzene rings is 1. The van der Waals surface area contributed by atoms with E-state index in [9.17, 15) is 0 Å². The number of unbranched alkanes of at least 4 members (excludes halogenated alkanes) is 1. The Hall–Kier alpha value is -1.56. The van der Waals surface area contributed by atoms with Crippen molar-refractivity contribution in [3.05, 3.63) is 61.2 Å². The molecule has 0 aliphatic carbocycles.